The lowest BCUT2D eigenvalue weighted by atomic mass is 10.1. The predicted octanol–water partition coefficient (Wildman–Crippen LogP) is 1.57. The number of hydrogen-bond donors (Lipinski definition) is 1. The lowest BCUT2D eigenvalue weighted by molar-refractivity contribution is -0.117. The van der Waals surface area contributed by atoms with E-state index in [1.807, 2.05) is 0 Å². The maximum absolute atomic E-state index is 11.7. The van der Waals surface area contributed by atoms with Crippen molar-refractivity contribution in [3.63, 3.8) is 0 Å². The first-order chi connectivity index (χ1) is 8.70. The Morgan fingerprint density at radius 3 is 2.78 bits per heavy atom. The fraction of sp³-hybridized carbons (Fsp3) is 0.846. The van der Waals surface area contributed by atoms with Gasteiger partial charge in [0.1, 0.15) is 5.78 Å². The number of nitrogens with zero attached hydrogens (tertiary/aromatic N) is 1. The average molecular weight is 256 g/mol. The second kappa shape index (κ2) is 8.91. The predicted molar refractivity (Wildman–Crippen MR) is 69.6 cm³/mol. The zero-order valence-corrected chi connectivity index (χ0v) is 11.2. The van der Waals surface area contributed by atoms with Gasteiger partial charge in [0.15, 0.2) is 0 Å². The molecule has 1 saturated heterocycles. The molecule has 0 bridgehead atoms. The molecule has 1 amide bonds. The van der Waals surface area contributed by atoms with Crippen LogP contribution in [0.5, 0.6) is 0 Å². The van der Waals surface area contributed by atoms with Crippen LogP contribution < -0.4 is 5.32 Å². The molecule has 0 unspecified atom stereocenters. The number of carbonyl (C=O) groups is 2. The van der Waals surface area contributed by atoms with E-state index in [0.717, 1.165) is 51.9 Å². The van der Waals surface area contributed by atoms with Gasteiger partial charge in [0.2, 0.25) is 0 Å². The molecular weight excluding hydrogens is 232 g/mol. The number of hydrogen-bond acceptors (Lipinski definition) is 4. The second-order valence-electron chi connectivity index (χ2n) is 4.72. The average Bonchev–Trinajstić information content (AvgIpc) is 2.61. The number of nitrogens with one attached hydrogen (secondary N) is 1. The normalized spacial score (nSPS) is 16.2. The van der Waals surface area contributed by atoms with Crippen LogP contribution in [-0.2, 0) is 9.53 Å². The van der Waals surface area contributed by atoms with Gasteiger partial charge in [-0.25, -0.2) is 4.79 Å². The van der Waals surface area contributed by atoms with Crippen molar-refractivity contribution in [3.8, 4) is 0 Å². The number of amides is 1. The Labute approximate surface area is 109 Å². The molecule has 104 valence electrons. The molecule has 1 N–H and O–H groups in total. The smallest absolute Gasteiger partial charge is 0.409 e. The molecule has 0 saturated carbocycles. The molecule has 1 rings (SSSR count). The van der Waals surface area contributed by atoms with Gasteiger partial charge in [-0.3, -0.25) is 0 Å². The van der Waals surface area contributed by atoms with Crippen LogP contribution >= 0.6 is 0 Å². The van der Waals surface area contributed by atoms with Crippen molar-refractivity contribution in [2.75, 3.05) is 32.8 Å². The van der Waals surface area contributed by atoms with E-state index in [4.69, 9.17) is 4.74 Å². The molecule has 0 aromatic rings. The van der Waals surface area contributed by atoms with E-state index in [1.165, 1.54) is 0 Å². The van der Waals surface area contributed by atoms with E-state index in [0.29, 0.717) is 13.0 Å². The van der Waals surface area contributed by atoms with Crippen LogP contribution in [0.15, 0.2) is 0 Å². The Bertz CT molecular complexity index is 261. The van der Waals surface area contributed by atoms with Gasteiger partial charge in [-0.15, -0.1) is 0 Å². The largest absolute Gasteiger partial charge is 0.449 e. The third-order valence-corrected chi connectivity index (χ3v) is 3.00. The summed E-state index contributed by atoms with van der Waals surface area (Å²) < 4.78 is 5.22. The highest BCUT2D eigenvalue weighted by molar-refractivity contribution is 5.75. The van der Waals surface area contributed by atoms with E-state index in [1.54, 1.807) is 11.8 Å². The van der Waals surface area contributed by atoms with E-state index >= 15 is 0 Å². The van der Waals surface area contributed by atoms with E-state index in [2.05, 4.69) is 5.32 Å². The Kier molecular flexibility index (Phi) is 7.41. The molecule has 5 heteroatoms. The fourth-order valence-electron chi connectivity index (χ4n) is 1.93. The molecule has 1 aliphatic rings. The van der Waals surface area contributed by atoms with Crippen molar-refractivity contribution in [2.24, 2.45) is 0 Å². The van der Waals surface area contributed by atoms with E-state index < -0.39 is 0 Å². The molecule has 0 spiro atoms. The molecule has 0 radical (unpaired) electrons. The number of ketones is 1. The summed E-state index contributed by atoms with van der Waals surface area (Å²) in [4.78, 5) is 24.2. The van der Waals surface area contributed by atoms with Crippen LogP contribution in [0.2, 0.25) is 0 Å². The van der Waals surface area contributed by atoms with Gasteiger partial charge in [0, 0.05) is 26.1 Å². The molecule has 0 aliphatic carbocycles. The van der Waals surface area contributed by atoms with Crippen LogP contribution in [0.25, 0.3) is 0 Å². The molecule has 18 heavy (non-hydrogen) atoms. The molecule has 1 heterocycles. The van der Waals surface area contributed by atoms with Crippen molar-refractivity contribution in [1.82, 2.24) is 10.2 Å². The lowest BCUT2D eigenvalue weighted by Crippen LogP contribution is -2.34. The summed E-state index contributed by atoms with van der Waals surface area (Å²) in [6, 6.07) is 0. The number of carbonyl (C=O) groups excluding carboxylic acids is 2. The first kappa shape index (κ1) is 15.0. The van der Waals surface area contributed by atoms with Gasteiger partial charge in [-0.2, -0.15) is 0 Å². The molecule has 1 aliphatic heterocycles. The zero-order chi connectivity index (χ0) is 13.2. The van der Waals surface area contributed by atoms with Crippen molar-refractivity contribution >= 4 is 11.9 Å². The molecule has 0 atom stereocenters. The Morgan fingerprint density at radius 2 is 2.00 bits per heavy atom. The molecule has 1 fully saturated rings. The minimum atomic E-state index is -0.203. The number of rotatable bonds is 6. The molecular formula is C13H24N2O3. The number of unbranched alkanes of at least 4 members (excludes halogenated alkanes) is 2. The number of ether oxygens (including phenoxy) is 1. The van der Waals surface area contributed by atoms with Crippen LogP contribution in [0.1, 0.15) is 39.0 Å². The van der Waals surface area contributed by atoms with E-state index in [9.17, 15) is 9.59 Å². The van der Waals surface area contributed by atoms with Crippen LogP contribution in [-0.4, -0.2) is 49.6 Å². The molecule has 5 nitrogen and oxygen atoms in total. The van der Waals surface area contributed by atoms with Gasteiger partial charge in [-0.05, 0) is 39.2 Å². The third kappa shape index (κ3) is 6.59. The van der Waals surface area contributed by atoms with Gasteiger partial charge in [0.25, 0.3) is 0 Å². The first-order valence-corrected chi connectivity index (χ1v) is 6.82. The summed E-state index contributed by atoms with van der Waals surface area (Å²) in [5, 5.41) is 3.25. The highest BCUT2D eigenvalue weighted by Gasteiger charge is 2.15. The van der Waals surface area contributed by atoms with Crippen molar-refractivity contribution in [3.05, 3.63) is 0 Å². The maximum atomic E-state index is 11.7. The monoisotopic (exact) mass is 256 g/mol. The summed E-state index contributed by atoms with van der Waals surface area (Å²) >= 11 is 0. The third-order valence-electron chi connectivity index (χ3n) is 3.00. The Morgan fingerprint density at radius 1 is 1.17 bits per heavy atom. The summed E-state index contributed by atoms with van der Waals surface area (Å²) in [5.41, 5.74) is 0. The minimum Gasteiger partial charge on any atom is -0.449 e. The maximum Gasteiger partial charge on any atom is 0.409 e. The molecule has 0 aromatic carbocycles. The van der Waals surface area contributed by atoms with Crippen LogP contribution in [0, 0.1) is 0 Å². The van der Waals surface area contributed by atoms with Crippen molar-refractivity contribution in [2.45, 2.75) is 39.0 Å². The lowest BCUT2D eigenvalue weighted by Gasteiger charge is -2.19. The van der Waals surface area contributed by atoms with E-state index in [-0.39, 0.29) is 11.9 Å². The van der Waals surface area contributed by atoms with Crippen molar-refractivity contribution in [1.29, 1.82) is 0 Å². The van der Waals surface area contributed by atoms with Crippen molar-refractivity contribution < 1.29 is 14.3 Å². The number of Topliss-reactive ketones (excluding diaryl/α,β-unsaturated/α-hetero) is 1. The zero-order valence-electron chi connectivity index (χ0n) is 11.2. The minimum absolute atomic E-state index is 0.203. The SMILES string of the molecule is CC(=O)CCCCCOC(=O)N1CCCNCC1. The Hall–Kier alpha value is -1.10. The van der Waals surface area contributed by atoms with Gasteiger partial charge in [0.05, 0.1) is 6.61 Å². The summed E-state index contributed by atoms with van der Waals surface area (Å²) in [5.74, 6) is 0.226. The first-order valence-electron chi connectivity index (χ1n) is 6.82. The van der Waals surface area contributed by atoms with Gasteiger partial charge < -0.3 is 19.7 Å². The molecule has 0 aromatic heterocycles. The highest BCUT2D eigenvalue weighted by Crippen LogP contribution is 2.03. The summed E-state index contributed by atoms with van der Waals surface area (Å²) in [7, 11) is 0. The summed E-state index contributed by atoms with van der Waals surface area (Å²) in [6.45, 7) is 5.37. The van der Waals surface area contributed by atoms with Crippen LogP contribution in [0.4, 0.5) is 4.79 Å². The highest BCUT2D eigenvalue weighted by atomic mass is 16.6. The second-order valence-corrected chi connectivity index (χ2v) is 4.72. The standard InChI is InChI=1S/C13H24N2O3/c1-12(16)6-3-2-4-11-18-13(17)15-9-5-7-14-8-10-15/h14H,2-11H2,1H3. The van der Waals surface area contributed by atoms with Crippen LogP contribution in [0.3, 0.4) is 0 Å². The van der Waals surface area contributed by atoms with Gasteiger partial charge >= 0.3 is 6.09 Å². The fourth-order valence-corrected chi connectivity index (χ4v) is 1.93. The Balaban J connectivity index is 2.03. The van der Waals surface area contributed by atoms with Gasteiger partial charge in [-0.1, -0.05) is 0 Å². The topological polar surface area (TPSA) is 58.6 Å². The quantitative estimate of drug-likeness (QED) is 0.733. The summed E-state index contributed by atoms with van der Waals surface area (Å²) in [6.07, 6.45) is 4.07.